The second-order valence-electron chi connectivity index (χ2n) is 5.56. The highest BCUT2D eigenvalue weighted by atomic mass is 19.1. The van der Waals surface area contributed by atoms with Crippen LogP contribution in [0.2, 0.25) is 0 Å². The lowest BCUT2D eigenvalue weighted by molar-refractivity contribution is -0.142. The Labute approximate surface area is 149 Å². The monoisotopic (exact) mass is 349 g/mol. The number of nitrogens with one attached hydrogen (secondary N) is 1. The van der Waals surface area contributed by atoms with Crippen LogP contribution in [0.5, 0.6) is 0 Å². The van der Waals surface area contributed by atoms with Crippen LogP contribution >= 0.6 is 0 Å². The molecule has 1 N–H and O–H groups in total. The summed E-state index contributed by atoms with van der Waals surface area (Å²) in [4.78, 5) is 23.6. The molecule has 0 aliphatic rings. The molecule has 3 aromatic carbocycles. The normalized spacial score (nSPS) is 10.8. The molecule has 130 valence electrons. The van der Waals surface area contributed by atoms with Crippen LogP contribution in [0.4, 0.5) is 10.1 Å². The van der Waals surface area contributed by atoms with Gasteiger partial charge in [-0.05, 0) is 46.7 Å². The van der Waals surface area contributed by atoms with E-state index in [2.05, 4.69) is 5.32 Å². The Bertz CT molecular complexity index is 959. The quantitative estimate of drug-likeness (QED) is 0.555. The minimum atomic E-state index is -0.618. The lowest BCUT2D eigenvalue weighted by Crippen LogP contribution is -2.20. The van der Waals surface area contributed by atoms with Gasteiger partial charge in [0.25, 0.3) is 5.91 Å². The van der Waals surface area contributed by atoms with Crippen LogP contribution in [0.3, 0.4) is 0 Å². The van der Waals surface area contributed by atoms with Crippen LogP contribution in [0, 0.1) is 5.82 Å². The van der Waals surface area contributed by atoms with Crippen LogP contribution in [-0.2, 0) is 14.3 Å². The van der Waals surface area contributed by atoms with E-state index in [1.54, 1.807) is 6.08 Å². The number of hydrogen-bond acceptors (Lipinski definition) is 3. The van der Waals surface area contributed by atoms with Crippen molar-refractivity contribution in [1.29, 1.82) is 0 Å². The van der Waals surface area contributed by atoms with E-state index in [0.29, 0.717) is 5.69 Å². The maximum Gasteiger partial charge on any atom is 0.331 e. The summed E-state index contributed by atoms with van der Waals surface area (Å²) in [5.74, 6) is -1.51. The summed E-state index contributed by atoms with van der Waals surface area (Å²) < 4.78 is 17.7. The van der Waals surface area contributed by atoms with E-state index in [4.69, 9.17) is 4.74 Å². The number of carbonyl (C=O) groups excluding carboxylic acids is 2. The zero-order valence-corrected chi connectivity index (χ0v) is 13.8. The first-order valence-electron chi connectivity index (χ1n) is 8.00. The highest BCUT2D eigenvalue weighted by molar-refractivity contribution is 5.96. The van der Waals surface area contributed by atoms with Crippen molar-refractivity contribution in [2.24, 2.45) is 0 Å². The molecule has 0 atom stereocenters. The van der Waals surface area contributed by atoms with Crippen LogP contribution in [0.15, 0.2) is 72.8 Å². The Hall–Kier alpha value is -3.47. The van der Waals surface area contributed by atoms with Crippen LogP contribution in [-0.4, -0.2) is 18.5 Å². The average molecular weight is 349 g/mol. The molecule has 0 spiro atoms. The zero-order valence-electron chi connectivity index (χ0n) is 13.8. The third-order valence-electron chi connectivity index (χ3n) is 3.70. The first kappa shape index (κ1) is 17.4. The molecule has 0 fully saturated rings. The van der Waals surface area contributed by atoms with Gasteiger partial charge in [-0.25, -0.2) is 9.18 Å². The highest BCUT2D eigenvalue weighted by Gasteiger charge is 2.06. The lowest BCUT2D eigenvalue weighted by atomic mass is 10.0. The molecule has 0 saturated carbocycles. The number of carbonyl (C=O) groups is 2. The number of ether oxygens (including phenoxy) is 1. The van der Waals surface area contributed by atoms with Crippen molar-refractivity contribution in [3.63, 3.8) is 0 Å². The van der Waals surface area contributed by atoms with Crippen molar-refractivity contribution >= 4 is 34.4 Å². The largest absolute Gasteiger partial charge is 0.452 e. The van der Waals surface area contributed by atoms with E-state index in [0.717, 1.165) is 16.3 Å². The van der Waals surface area contributed by atoms with Gasteiger partial charge in [0.15, 0.2) is 6.61 Å². The van der Waals surface area contributed by atoms with Crippen LogP contribution < -0.4 is 5.32 Å². The molecule has 1 amide bonds. The predicted octanol–water partition coefficient (Wildman–Crippen LogP) is 4.17. The minimum absolute atomic E-state index is 0.395. The van der Waals surface area contributed by atoms with Crippen molar-refractivity contribution in [2.45, 2.75) is 0 Å². The number of halogens is 1. The van der Waals surface area contributed by atoms with Crippen molar-refractivity contribution in [3.05, 3.63) is 84.2 Å². The van der Waals surface area contributed by atoms with E-state index in [1.807, 2.05) is 42.5 Å². The van der Waals surface area contributed by atoms with E-state index in [-0.39, 0.29) is 0 Å². The number of rotatable bonds is 5. The zero-order chi connectivity index (χ0) is 18.4. The Kier molecular flexibility index (Phi) is 5.39. The maximum atomic E-state index is 12.8. The van der Waals surface area contributed by atoms with E-state index >= 15 is 0 Å². The molecule has 0 unspecified atom stereocenters. The summed E-state index contributed by atoms with van der Waals surface area (Å²) in [6.45, 7) is -0.421. The van der Waals surface area contributed by atoms with Gasteiger partial charge >= 0.3 is 5.97 Å². The number of fused-ring (bicyclic) bond motifs is 1. The molecule has 0 aromatic heterocycles. The summed E-state index contributed by atoms with van der Waals surface area (Å²) in [6.07, 6.45) is 2.94. The van der Waals surface area contributed by atoms with Gasteiger partial charge in [-0.2, -0.15) is 0 Å². The molecular weight excluding hydrogens is 333 g/mol. The van der Waals surface area contributed by atoms with E-state index < -0.39 is 24.3 Å². The van der Waals surface area contributed by atoms with Crippen LogP contribution in [0.1, 0.15) is 5.56 Å². The van der Waals surface area contributed by atoms with Gasteiger partial charge in [0.05, 0.1) is 0 Å². The molecule has 0 bridgehead atoms. The SMILES string of the molecule is O=C(COC(=O)C=Cc1cccc2ccccc12)Nc1ccc(F)cc1. The smallest absolute Gasteiger partial charge is 0.331 e. The highest BCUT2D eigenvalue weighted by Crippen LogP contribution is 2.19. The van der Waals surface area contributed by atoms with Gasteiger partial charge < -0.3 is 10.1 Å². The predicted molar refractivity (Wildman–Crippen MR) is 99.0 cm³/mol. The average Bonchev–Trinajstić information content (AvgIpc) is 2.66. The fourth-order valence-corrected chi connectivity index (χ4v) is 2.47. The van der Waals surface area contributed by atoms with Gasteiger partial charge in [0.2, 0.25) is 0 Å². The molecule has 0 radical (unpaired) electrons. The molecule has 26 heavy (non-hydrogen) atoms. The first-order chi connectivity index (χ1) is 12.6. The van der Waals surface area contributed by atoms with Crippen LogP contribution in [0.25, 0.3) is 16.8 Å². The summed E-state index contributed by atoms with van der Waals surface area (Å²) in [7, 11) is 0. The van der Waals surface area contributed by atoms with Crippen molar-refractivity contribution in [1.82, 2.24) is 0 Å². The summed E-state index contributed by atoms with van der Waals surface area (Å²) in [6, 6.07) is 18.9. The fourth-order valence-electron chi connectivity index (χ4n) is 2.47. The Morgan fingerprint density at radius 1 is 0.962 bits per heavy atom. The number of benzene rings is 3. The third-order valence-corrected chi connectivity index (χ3v) is 3.70. The Balaban J connectivity index is 1.55. The number of esters is 1. The fraction of sp³-hybridized carbons (Fsp3) is 0.0476. The van der Waals surface area contributed by atoms with Gasteiger partial charge in [0, 0.05) is 11.8 Å². The number of amides is 1. The van der Waals surface area contributed by atoms with Gasteiger partial charge in [-0.3, -0.25) is 4.79 Å². The molecule has 0 aliphatic carbocycles. The van der Waals surface area contributed by atoms with Gasteiger partial charge in [-0.1, -0.05) is 42.5 Å². The van der Waals surface area contributed by atoms with E-state index in [9.17, 15) is 14.0 Å². The third kappa shape index (κ3) is 4.54. The number of hydrogen-bond donors (Lipinski definition) is 1. The molecule has 3 aromatic rings. The molecule has 3 rings (SSSR count). The second kappa shape index (κ2) is 8.07. The first-order valence-corrected chi connectivity index (χ1v) is 8.00. The number of anilines is 1. The minimum Gasteiger partial charge on any atom is -0.452 e. The molecule has 5 heteroatoms. The van der Waals surface area contributed by atoms with Gasteiger partial charge in [0.1, 0.15) is 5.82 Å². The lowest BCUT2D eigenvalue weighted by Gasteiger charge is -2.05. The van der Waals surface area contributed by atoms with Crippen molar-refractivity contribution in [2.75, 3.05) is 11.9 Å². The topological polar surface area (TPSA) is 55.4 Å². The summed E-state index contributed by atoms with van der Waals surface area (Å²) >= 11 is 0. The second-order valence-corrected chi connectivity index (χ2v) is 5.56. The Morgan fingerprint density at radius 2 is 1.69 bits per heavy atom. The molecular formula is C21H16FNO3. The molecule has 4 nitrogen and oxygen atoms in total. The standard InChI is InChI=1S/C21H16FNO3/c22-17-9-11-18(12-10-17)23-20(24)14-26-21(25)13-8-16-6-3-5-15-4-1-2-7-19(15)16/h1-13H,14H2,(H,23,24). The van der Waals surface area contributed by atoms with Gasteiger partial charge in [-0.15, -0.1) is 0 Å². The summed E-state index contributed by atoms with van der Waals surface area (Å²) in [5, 5.41) is 4.61. The maximum absolute atomic E-state index is 12.8. The van der Waals surface area contributed by atoms with E-state index in [1.165, 1.54) is 30.3 Å². The van der Waals surface area contributed by atoms with Crippen molar-refractivity contribution < 1.29 is 18.7 Å². The summed E-state index contributed by atoms with van der Waals surface area (Å²) in [5.41, 5.74) is 1.31. The van der Waals surface area contributed by atoms with Crippen molar-refractivity contribution in [3.8, 4) is 0 Å². The molecule has 0 heterocycles. The molecule has 0 saturated heterocycles. The molecule has 0 aliphatic heterocycles. The Morgan fingerprint density at radius 3 is 2.50 bits per heavy atom.